The van der Waals surface area contributed by atoms with Gasteiger partial charge in [-0.05, 0) is 80.0 Å². The van der Waals surface area contributed by atoms with Gasteiger partial charge in [-0.1, -0.05) is 18.2 Å². The molecule has 0 N–H and O–H groups in total. The molecule has 4 aliphatic rings. The fourth-order valence-corrected chi connectivity index (χ4v) is 9.36. The summed E-state index contributed by atoms with van der Waals surface area (Å²) >= 11 is 0. The number of sulfonamides is 1. The van der Waals surface area contributed by atoms with Crippen LogP contribution in [0, 0.1) is 5.92 Å². The van der Waals surface area contributed by atoms with Crippen LogP contribution in [0.5, 0.6) is 11.5 Å². The molecule has 4 heterocycles. The van der Waals surface area contributed by atoms with E-state index in [2.05, 4.69) is 39.0 Å². The van der Waals surface area contributed by atoms with Gasteiger partial charge in [-0.15, -0.1) is 0 Å². The van der Waals surface area contributed by atoms with Gasteiger partial charge in [0.05, 0.1) is 25.7 Å². The summed E-state index contributed by atoms with van der Waals surface area (Å²) in [6.07, 6.45) is 4.72. The summed E-state index contributed by atoms with van der Waals surface area (Å²) in [5.41, 5.74) is 3.86. The summed E-state index contributed by atoms with van der Waals surface area (Å²) in [5.74, 6) is 2.49. The molecule has 4 aliphatic heterocycles. The molecule has 6 rings (SSSR count). The first-order valence-electron chi connectivity index (χ1n) is 15.0. The van der Waals surface area contributed by atoms with Crippen LogP contribution >= 0.6 is 0 Å². The highest BCUT2D eigenvalue weighted by Gasteiger charge is 2.45. The topological polar surface area (TPSA) is 65.6 Å². The number of rotatable bonds is 8. The molecule has 9 heteroatoms. The first-order valence-corrected chi connectivity index (χ1v) is 16.6. The Balaban J connectivity index is 1.05. The molecule has 8 nitrogen and oxygen atoms in total. The van der Waals surface area contributed by atoms with E-state index < -0.39 is 10.0 Å². The minimum absolute atomic E-state index is 0.109. The molecule has 0 amide bonds. The summed E-state index contributed by atoms with van der Waals surface area (Å²) < 4.78 is 40.4. The highest BCUT2D eigenvalue weighted by Crippen LogP contribution is 2.44. The van der Waals surface area contributed by atoms with Crippen molar-refractivity contribution in [2.75, 3.05) is 77.2 Å². The number of nitrogens with zero attached hydrogens (tertiary/aromatic N) is 4. The molecule has 0 saturated carbocycles. The molecule has 0 bridgehead atoms. The quantitative estimate of drug-likeness (QED) is 0.482. The Kier molecular flexibility index (Phi) is 8.26. The standard InChI is InChI=1S/C31H44N4O4S/c1-38-26-10-11-27-24(21-26)12-15-34-23-25-7-5-14-35(29(25)22-30(27)34)40(36,37)20-6-13-32-16-18-33(19-17-32)28-8-3-4-9-31(28)39-2/h3-4,8-11,21,25,29-30H,5-7,12-20,22-23H2,1-2H3/t25-,29+,30+/m1/s1. The maximum absolute atomic E-state index is 13.7. The molecule has 40 heavy (non-hydrogen) atoms. The number of fused-ring (bicyclic) bond motifs is 4. The van der Waals surface area contributed by atoms with E-state index in [9.17, 15) is 8.42 Å². The van der Waals surface area contributed by atoms with E-state index >= 15 is 0 Å². The number of hydrogen-bond acceptors (Lipinski definition) is 7. The number of anilines is 1. The molecule has 0 aliphatic carbocycles. The Morgan fingerprint density at radius 1 is 0.950 bits per heavy atom. The van der Waals surface area contributed by atoms with Crippen molar-refractivity contribution in [3.8, 4) is 11.5 Å². The highest BCUT2D eigenvalue weighted by atomic mass is 32.2. The van der Waals surface area contributed by atoms with Crippen LogP contribution in [-0.4, -0.2) is 101 Å². The molecule has 3 fully saturated rings. The van der Waals surface area contributed by atoms with Crippen molar-refractivity contribution in [3.63, 3.8) is 0 Å². The summed E-state index contributed by atoms with van der Waals surface area (Å²) in [5, 5.41) is 0. The van der Waals surface area contributed by atoms with E-state index in [4.69, 9.17) is 9.47 Å². The van der Waals surface area contributed by atoms with Gasteiger partial charge in [0, 0.05) is 57.9 Å². The molecule has 2 aromatic carbocycles. The SMILES string of the molecule is COc1ccc2c(c1)CCN1C[C@H]3CCCN(S(=O)(=O)CCCN4CCN(c5ccccc5OC)CC4)[C@H]3C[C@@H]21. The molecule has 3 atom stereocenters. The maximum atomic E-state index is 13.7. The fourth-order valence-electron chi connectivity index (χ4n) is 7.55. The number of hydrogen-bond donors (Lipinski definition) is 0. The Morgan fingerprint density at radius 2 is 1.77 bits per heavy atom. The van der Waals surface area contributed by atoms with Gasteiger partial charge in [0.1, 0.15) is 11.5 Å². The van der Waals surface area contributed by atoms with Crippen LogP contribution in [0.2, 0.25) is 0 Å². The normalized spacial score (nSPS) is 26.1. The third-order valence-corrected chi connectivity index (χ3v) is 11.6. The van der Waals surface area contributed by atoms with Gasteiger partial charge in [0.2, 0.25) is 10.0 Å². The molecule has 3 saturated heterocycles. The molecule has 0 aromatic heterocycles. The lowest BCUT2D eigenvalue weighted by atomic mass is 9.77. The van der Waals surface area contributed by atoms with Crippen molar-refractivity contribution in [2.45, 2.75) is 44.2 Å². The first-order chi connectivity index (χ1) is 19.5. The van der Waals surface area contributed by atoms with Crippen molar-refractivity contribution < 1.29 is 17.9 Å². The largest absolute Gasteiger partial charge is 0.497 e. The zero-order valence-corrected chi connectivity index (χ0v) is 24.8. The number of methoxy groups -OCH3 is 2. The van der Waals surface area contributed by atoms with Crippen molar-refractivity contribution in [2.24, 2.45) is 5.92 Å². The van der Waals surface area contributed by atoms with E-state index in [-0.39, 0.29) is 11.8 Å². The lowest BCUT2D eigenvalue weighted by molar-refractivity contribution is 0.0219. The van der Waals surface area contributed by atoms with Gasteiger partial charge in [0.15, 0.2) is 0 Å². The molecular weight excluding hydrogens is 524 g/mol. The van der Waals surface area contributed by atoms with Crippen molar-refractivity contribution >= 4 is 15.7 Å². The van der Waals surface area contributed by atoms with Gasteiger partial charge in [-0.3, -0.25) is 9.80 Å². The predicted molar refractivity (Wildman–Crippen MR) is 159 cm³/mol. The third kappa shape index (κ3) is 5.58. The average Bonchev–Trinajstić information content (AvgIpc) is 2.99. The Bertz CT molecular complexity index is 1280. The van der Waals surface area contributed by atoms with Gasteiger partial charge < -0.3 is 14.4 Å². The molecule has 2 aromatic rings. The lowest BCUT2D eigenvalue weighted by Gasteiger charge is -2.51. The smallest absolute Gasteiger partial charge is 0.214 e. The molecule has 218 valence electrons. The first kappa shape index (κ1) is 27.8. The van der Waals surface area contributed by atoms with Crippen LogP contribution in [0.4, 0.5) is 5.69 Å². The van der Waals surface area contributed by atoms with Crippen LogP contribution in [0.3, 0.4) is 0 Å². The molecular formula is C31H44N4O4S. The van der Waals surface area contributed by atoms with E-state index in [0.29, 0.717) is 24.9 Å². The number of ether oxygens (including phenoxy) is 2. The number of piperazine rings is 1. The Morgan fingerprint density at radius 3 is 2.58 bits per heavy atom. The van der Waals surface area contributed by atoms with E-state index in [1.807, 2.05) is 22.5 Å². The highest BCUT2D eigenvalue weighted by molar-refractivity contribution is 7.89. The number of para-hydroxylation sites is 2. The predicted octanol–water partition coefficient (Wildman–Crippen LogP) is 3.63. The minimum atomic E-state index is -3.30. The van der Waals surface area contributed by atoms with Crippen LogP contribution < -0.4 is 14.4 Å². The summed E-state index contributed by atoms with van der Waals surface area (Å²) in [4.78, 5) is 7.38. The van der Waals surface area contributed by atoms with Crippen LogP contribution in [0.25, 0.3) is 0 Å². The Labute approximate surface area is 239 Å². The van der Waals surface area contributed by atoms with Crippen molar-refractivity contribution in [1.29, 1.82) is 0 Å². The second kappa shape index (κ2) is 11.9. The zero-order valence-electron chi connectivity index (χ0n) is 24.0. The van der Waals surface area contributed by atoms with E-state index in [1.165, 1.54) is 11.1 Å². The lowest BCUT2D eigenvalue weighted by Crippen LogP contribution is -2.57. The second-order valence-corrected chi connectivity index (χ2v) is 13.9. The van der Waals surface area contributed by atoms with E-state index in [1.54, 1.807) is 14.2 Å². The van der Waals surface area contributed by atoms with Crippen LogP contribution in [0.15, 0.2) is 42.5 Å². The molecule has 0 spiro atoms. The van der Waals surface area contributed by atoms with Crippen molar-refractivity contribution in [3.05, 3.63) is 53.6 Å². The number of benzene rings is 2. The summed E-state index contributed by atoms with van der Waals surface area (Å²) in [6.45, 7) is 7.27. The molecule has 0 radical (unpaired) electrons. The molecule has 0 unspecified atom stereocenters. The maximum Gasteiger partial charge on any atom is 0.214 e. The van der Waals surface area contributed by atoms with Crippen LogP contribution in [0.1, 0.15) is 42.9 Å². The number of piperidine rings is 2. The van der Waals surface area contributed by atoms with Crippen LogP contribution in [-0.2, 0) is 16.4 Å². The van der Waals surface area contributed by atoms with Gasteiger partial charge in [-0.2, -0.15) is 4.31 Å². The average molecular weight is 569 g/mol. The third-order valence-electron chi connectivity index (χ3n) is 9.65. The van der Waals surface area contributed by atoms with E-state index in [0.717, 1.165) is 88.7 Å². The second-order valence-electron chi connectivity index (χ2n) is 11.8. The zero-order chi connectivity index (χ0) is 27.7. The monoisotopic (exact) mass is 568 g/mol. The fraction of sp³-hybridized carbons (Fsp3) is 0.613. The summed E-state index contributed by atoms with van der Waals surface area (Å²) in [6, 6.07) is 15.0. The summed E-state index contributed by atoms with van der Waals surface area (Å²) in [7, 11) is 0.132. The van der Waals surface area contributed by atoms with Crippen molar-refractivity contribution in [1.82, 2.24) is 14.1 Å². The van der Waals surface area contributed by atoms with Gasteiger partial charge >= 0.3 is 0 Å². The Hall–Kier alpha value is -2.33. The van der Waals surface area contributed by atoms with Gasteiger partial charge in [0.25, 0.3) is 0 Å². The minimum Gasteiger partial charge on any atom is -0.497 e. The van der Waals surface area contributed by atoms with Gasteiger partial charge in [-0.25, -0.2) is 8.42 Å².